The van der Waals surface area contributed by atoms with Gasteiger partial charge in [0.15, 0.2) is 0 Å². The molecule has 1 aliphatic heterocycles. The Morgan fingerprint density at radius 3 is 2.86 bits per heavy atom. The van der Waals surface area contributed by atoms with Gasteiger partial charge in [0.2, 0.25) is 0 Å². The molecule has 106 valence electrons. The van der Waals surface area contributed by atoms with Crippen LogP contribution >= 0.6 is 0 Å². The molecule has 0 fully saturated rings. The molecule has 1 aliphatic rings. The van der Waals surface area contributed by atoms with E-state index >= 15 is 0 Å². The summed E-state index contributed by atoms with van der Waals surface area (Å²) in [6, 6.07) is 8.76. The molecule has 2 aromatic rings. The molecular weight excluding hydrogens is 268 g/mol. The highest BCUT2D eigenvalue weighted by atomic mass is 16.4. The zero-order valence-corrected chi connectivity index (χ0v) is 11.3. The number of allylic oxidation sites excluding steroid dienone is 1. The third-order valence-corrected chi connectivity index (χ3v) is 3.60. The average molecular weight is 282 g/mol. The predicted octanol–water partition coefficient (Wildman–Crippen LogP) is 2.10. The first-order chi connectivity index (χ1) is 10.2. The summed E-state index contributed by atoms with van der Waals surface area (Å²) in [6.45, 7) is 1.11. The van der Waals surface area contributed by atoms with Crippen molar-refractivity contribution in [2.45, 2.75) is 13.0 Å². The van der Waals surface area contributed by atoms with Gasteiger partial charge in [-0.25, -0.2) is 4.79 Å². The summed E-state index contributed by atoms with van der Waals surface area (Å²) in [5, 5.41) is 9.94. The molecule has 2 heterocycles. The van der Waals surface area contributed by atoms with E-state index in [0.29, 0.717) is 19.5 Å². The van der Waals surface area contributed by atoms with Gasteiger partial charge in [-0.05, 0) is 35.6 Å². The molecular formula is C16H14N2O3. The molecule has 3 rings (SSSR count). The second kappa shape index (κ2) is 5.36. The van der Waals surface area contributed by atoms with Gasteiger partial charge in [-0.3, -0.25) is 9.79 Å². The average Bonchev–Trinajstić information content (AvgIpc) is 2.99. The number of aromatic nitrogens is 1. The van der Waals surface area contributed by atoms with Crippen molar-refractivity contribution in [3.8, 4) is 0 Å². The van der Waals surface area contributed by atoms with Gasteiger partial charge in [0.1, 0.15) is 5.56 Å². The van der Waals surface area contributed by atoms with Crippen LogP contribution in [0.4, 0.5) is 0 Å². The molecule has 0 unspecified atom stereocenters. The van der Waals surface area contributed by atoms with Crippen LogP contribution in [0.5, 0.6) is 0 Å². The van der Waals surface area contributed by atoms with Gasteiger partial charge in [0.25, 0.3) is 5.56 Å². The summed E-state index contributed by atoms with van der Waals surface area (Å²) >= 11 is 0. The van der Waals surface area contributed by atoms with Gasteiger partial charge in [-0.1, -0.05) is 18.2 Å². The van der Waals surface area contributed by atoms with Crippen molar-refractivity contribution in [1.82, 2.24) is 4.57 Å². The molecule has 1 aromatic carbocycles. The largest absolute Gasteiger partial charge is 0.477 e. The van der Waals surface area contributed by atoms with Crippen LogP contribution in [0.1, 0.15) is 16.8 Å². The number of benzene rings is 1. The van der Waals surface area contributed by atoms with Gasteiger partial charge in [0.05, 0.1) is 12.1 Å². The van der Waals surface area contributed by atoms with Crippen molar-refractivity contribution < 1.29 is 9.90 Å². The smallest absolute Gasteiger partial charge is 0.341 e. The number of pyridine rings is 1. The Hall–Kier alpha value is -2.69. The summed E-state index contributed by atoms with van der Waals surface area (Å²) in [5.41, 5.74) is 1.25. The van der Waals surface area contributed by atoms with E-state index in [1.54, 1.807) is 6.21 Å². The maximum absolute atomic E-state index is 12.4. The first-order valence-corrected chi connectivity index (χ1v) is 6.70. The summed E-state index contributed by atoms with van der Waals surface area (Å²) in [6.07, 6.45) is 4.38. The van der Waals surface area contributed by atoms with Crippen molar-refractivity contribution in [2.24, 2.45) is 4.99 Å². The lowest BCUT2D eigenvalue weighted by molar-refractivity contribution is 0.0694. The summed E-state index contributed by atoms with van der Waals surface area (Å²) in [7, 11) is 0. The van der Waals surface area contributed by atoms with E-state index in [-0.39, 0.29) is 5.56 Å². The fourth-order valence-electron chi connectivity index (χ4n) is 2.50. The molecule has 0 spiro atoms. The van der Waals surface area contributed by atoms with E-state index < -0.39 is 11.5 Å². The second-order valence-corrected chi connectivity index (χ2v) is 4.94. The zero-order valence-electron chi connectivity index (χ0n) is 11.3. The lowest BCUT2D eigenvalue weighted by atomic mass is 10.1. The Balaban J connectivity index is 2.07. The summed E-state index contributed by atoms with van der Waals surface area (Å²) < 4.78 is 1.54. The van der Waals surface area contributed by atoms with Crippen molar-refractivity contribution >= 4 is 23.1 Å². The Morgan fingerprint density at radius 1 is 1.33 bits per heavy atom. The van der Waals surface area contributed by atoms with Crippen LogP contribution < -0.4 is 5.56 Å². The van der Waals surface area contributed by atoms with E-state index in [9.17, 15) is 14.7 Å². The standard InChI is InChI=1S/C16H14N2O3/c19-15-13(16(20)21)9-12-3-1-2-4-14(12)18(15)8-6-11-5-7-17-10-11/h1-5,7,9H,6,8,10H2,(H,20,21). The normalized spacial score (nSPS) is 13.6. The number of carboxylic acids is 1. The number of hydrogen-bond donors (Lipinski definition) is 1. The first-order valence-electron chi connectivity index (χ1n) is 6.70. The highest BCUT2D eigenvalue weighted by Gasteiger charge is 2.14. The third kappa shape index (κ3) is 2.50. The third-order valence-electron chi connectivity index (χ3n) is 3.60. The van der Waals surface area contributed by atoms with E-state index in [1.165, 1.54) is 10.6 Å². The number of carboxylic acid groups (broad SMARTS) is 1. The van der Waals surface area contributed by atoms with Crippen LogP contribution in [0, 0.1) is 0 Å². The van der Waals surface area contributed by atoms with E-state index in [0.717, 1.165) is 16.5 Å². The van der Waals surface area contributed by atoms with Gasteiger partial charge in [-0.15, -0.1) is 0 Å². The number of fused-ring (bicyclic) bond motifs is 1. The van der Waals surface area contributed by atoms with E-state index in [2.05, 4.69) is 4.99 Å². The monoisotopic (exact) mass is 282 g/mol. The number of aryl methyl sites for hydroxylation is 1. The Morgan fingerprint density at radius 2 is 2.14 bits per heavy atom. The van der Waals surface area contributed by atoms with Crippen LogP contribution in [0.3, 0.4) is 0 Å². The van der Waals surface area contributed by atoms with Gasteiger partial charge < -0.3 is 9.67 Å². The fraction of sp³-hybridized carbons (Fsp3) is 0.188. The molecule has 0 bridgehead atoms. The molecule has 0 saturated heterocycles. The fourth-order valence-corrected chi connectivity index (χ4v) is 2.50. The van der Waals surface area contributed by atoms with Crippen molar-refractivity contribution in [1.29, 1.82) is 0 Å². The van der Waals surface area contributed by atoms with Gasteiger partial charge in [-0.2, -0.15) is 0 Å². The summed E-state index contributed by atoms with van der Waals surface area (Å²) in [4.78, 5) is 27.7. The lowest BCUT2D eigenvalue weighted by Crippen LogP contribution is -2.27. The van der Waals surface area contributed by atoms with E-state index in [1.807, 2.05) is 30.3 Å². The minimum atomic E-state index is -1.19. The Kier molecular flexibility index (Phi) is 3.39. The Bertz CT molecular complexity index is 831. The molecule has 21 heavy (non-hydrogen) atoms. The lowest BCUT2D eigenvalue weighted by Gasteiger charge is -2.12. The van der Waals surface area contributed by atoms with Crippen LogP contribution in [0.15, 0.2) is 51.8 Å². The molecule has 0 radical (unpaired) electrons. The maximum atomic E-state index is 12.4. The molecule has 0 amide bonds. The van der Waals surface area contributed by atoms with Crippen molar-refractivity contribution in [2.75, 3.05) is 6.54 Å². The number of nitrogens with zero attached hydrogens (tertiary/aromatic N) is 2. The van der Waals surface area contributed by atoms with Crippen molar-refractivity contribution in [3.63, 3.8) is 0 Å². The number of para-hydroxylation sites is 1. The van der Waals surface area contributed by atoms with Crippen LogP contribution in [-0.4, -0.2) is 28.4 Å². The quantitative estimate of drug-likeness (QED) is 0.933. The topological polar surface area (TPSA) is 71.7 Å². The molecule has 0 aliphatic carbocycles. The molecule has 5 nitrogen and oxygen atoms in total. The number of aliphatic imine (C=N–C) groups is 1. The minimum absolute atomic E-state index is 0.189. The summed E-state index contributed by atoms with van der Waals surface area (Å²) in [5.74, 6) is -1.19. The van der Waals surface area contributed by atoms with E-state index in [4.69, 9.17) is 0 Å². The molecule has 1 N–H and O–H groups in total. The van der Waals surface area contributed by atoms with Gasteiger partial charge >= 0.3 is 5.97 Å². The minimum Gasteiger partial charge on any atom is -0.477 e. The molecule has 5 heteroatoms. The SMILES string of the molecule is O=C(O)c1cc2ccccc2n(CCC2=CC=NC2)c1=O. The highest BCUT2D eigenvalue weighted by molar-refractivity contribution is 5.92. The molecule has 0 saturated carbocycles. The number of rotatable bonds is 4. The number of aromatic carboxylic acids is 1. The Labute approximate surface area is 120 Å². The van der Waals surface area contributed by atoms with Crippen LogP contribution in [0.25, 0.3) is 10.9 Å². The van der Waals surface area contributed by atoms with Crippen LogP contribution in [-0.2, 0) is 6.54 Å². The molecule has 1 aromatic heterocycles. The zero-order chi connectivity index (χ0) is 14.8. The van der Waals surface area contributed by atoms with Crippen LogP contribution in [0.2, 0.25) is 0 Å². The second-order valence-electron chi connectivity index (χ2n) is 4.94. The first kappa shape index (κ1) is 13.3. The number of carbonyl (C=O) groups is 1. The molecule has 0 atom stereocenters. The van der Waals surface area contributed by atoms with Crippen molar-refractivity contribution in [3.05, 3.63) is 57.9 Å². The van der Waals surface area contributed by atoms with Gasteiger partial charge in [0, 0.05) is 12.8 Å². The predicted molar refractivity (Wildman–Crippen MR) is 81.2 cm³/mol. The highest BCUT2D eigenvalue weighted by Crippen LogP contribution is 2.15. The maximum Gasteiger partial charge on any atom is 0.341 e. The number of hydrogen-bond acceptors (Lipinski definition) is 3.